The molecule has 0 N–H and O–H groups in total. The van der Waals surface area contributed by atoms with Crippen molar-refractivity contribution in [2.75, 3.05) is 6.61 Å². The molecule has 0 radical (unpaired) electrons. The molecule has 0 heterocycles. The molecule has 1 atom stereocenters. The Labute approximate surface area is 99.3 Å². The Hall–Kier alpha value is -0.130. The first kappa shape index (κ1) is 15.9. The number of rotatable bonds is 9. The first-order valence-electron chi connectivity index (χ1n) is 5.95. The van der Waals surface area contributed by atoms with Gasteiger partial charge in [-0.1, -0.05) is 46.5 Å². The molecule has 0 rings (SSSR count). The lowest BCUT2D eigenvalue weighted by Gasteiger charge is -2.16. The van der Waals surface area contributed by atoms with Crippen molar-refractivity contribution in [3.63, 3.8) is 0 Å². The maximum absolute atomic E-state index is 10.2. The monoisotopic (exact) mass is 251 g/mol. The summed E-state index contributed by atoms with van der Waals surface area (Å²) < 4.78 is 34.9. The van der Waals surface area contributed by atoms with Crippen molar-refractivity contribution in [2.24, 2.45) is 11.8 Å². The van der Waals surface area contributed by atoms with Crippen LogP contribution in [-0.4, -0.2) is 19.6 Å². The lowest BCUT2D eigenvalue weighted by molar-refractivity contribution is 0.233. The Bertz CT molecular complexity index is 259. The number of hydrogen-bond acceptors (Lipinski definition) is 4. The van der Waals surface area contributed by atoms with Crippen LogP contribution in [0.25, 0.3) is 0 Å². The van der Waals surface area contributed by atoms with Crippen LogP contribution in [0.4, 0.5) is 0 Å². The third-order valence-corrected chi connectivity index (χ3v) is 3.18. The van der Waals surface area contributed by atoms with E-state index in [1.165, 1.54) is 6.42 Å². The summed E-state index contributed by atoms with van der Waals surface area (Å²) in [5.74, 6) is 1.16. The smallest absolute Gasteiger partial charge is 0.217 e. The molecule has 98 valence electrons. The van der Waals surface area contributed by atoms with Crippen molar-refractivity contribution in [2.45, 2.75) is 52.9 Å². The summed E-state index contributed by atoms with van der Waals surface area (Å²) >= 11 is 0. The maximum Gasteiger partial charge on any atom is 0.217 e. The first-order valence-corrected chi connectivity index (χ1v) is 7.28. The van der Waals surface area contributed by atoms with E-state index in [2.05, 4.69) is 25.0 Å². The summed E-state index contributed by atoms with van der Waals surface area (Å²) in [5, 5.41) is 0. The zero-order valence-corrected chi connectivity index (χ0v) is 11.3. The van der Waals surface area contributed by atoms with E-state index in [0.717, 1.165) is 19.3 Å². The van der Waals surface area contributed by atoms with Gasteiger partial charge in [0, 0.05) is 0 Å². The lowest BCUT2D eigenvalue weighted by atomic mass is 9.94. The molecule has 1 unspecified atom stereocenters. The molecule has 0 aromatic heterocycles. The van der Waals surface area contributed by atoms with Gasteiger partial charge in [0.15, 0.2) is 0 Å². The molecule has 0 saturated heterocycles. The van der Waals surface area contributed by atoms with Crippen LogP contribution in [0.15, 0.2) is 0 Å². The Kier molecular flexibility index (Phi) is 7.97. The van der Waals surface area contributed by atoms with Gasteiger partial charge in [-0.25, -0.2) is 8.42 Å². The number of hydrogen-bond donors (Lipinski definition) is 0. The average molecular weight is 251 g/mol. The van der Waals surface area contributed by atoms with E-state index < -0.39 is 10.4 Å². The van der Waals surface area contributed by atoms with E-state index in [1.807, 2.05) is 0 Å². The van der Waals surface area contributed by atoms with E-state index in [-0.39, 0.29) is 6.61 Å². The molecular formula is C11H23O4S-. The predicted molar refractivity (Wildman–Crippen MR) is 62.7 cm³/mol. The molecule has 0 aliphatic heterocycles. The average Bonchev–Trinajstić information content (AvgIpc) is 2.13. The molecule has 16 heavy (non-hydrogen) atoms. The Morgan fingerprint density at radius 1 is 1.19 bits per heavy atom. The second-order valence-electron chi connectivity index (χ2n) is 4.62. The van der Waals surface area contributed by atoms with Crippen molar-refractivity contribution in [1.29, 1.82) is 0 Å². The molecule has 0 saturated carbocycles. The van der Waals surface area contributed by atoms with Gasteiger partial charge in [-0.2, -0.15) is 0 Å². The minimum atomic E-state index is -4.51. The molecule has 0 aromatic carbocycles. The summed E-state index contributed by atoms with van der Waals surface area (Å²) in [7, 11) is -4.51. The third kappa shape index (κ3) is 10.4. The fourth-order valence-electron chi connectivity index (χ4n) is 1.68. The lowest BCUT2D eigenvalue weighted by Crippen LogP contribution is -2.09. The maximum atomic E-state index is 10.2. The van der Waals surface area contributed by atoms with E-state index in [9.17, 15) is 13.0 Å². The first-order chi connectivity index (χ1) is 7.35. The van der Waals surface area contributed by atoms with Gasteiger partial charge in [-0.3, -0.25) is 4.18 Å². The highest BCUT2D eigenvalue weighted by Gasteiger charge is 2.07. The van der Waals surface area contributed by atoms with E-state index in [1.54, 1.807) is 0 Å². The molecule has 0 amide bonds. The van der Waals surface area contributed by atoms with Crippen LogP contribution in [0.3, 0.4) is 0 Å². The molecule has 0 aromatic rings. The van der Waals surface area contributed by atoms with Crippen molar-refractivity contribution in [3.05, 3.63) is 0 Å². The standard InChI is InChI=1S/C11H24O4S/c1-4-11(7-5-6-10(2)3)8-9-15-16(12,13)14/h10-11H,4-9H2,1-3H3,(H,12,13,14)/p-1. The van der Waals surface area contributed by atoms with Crippen LogP contribution in [-0.2, 0) is 14.6 Å². The zero-order valence-electron chi connectivity index (χ0n) is 10.4. The van der Waals surface area contributed by atoms with Crippen molar-refractivity contribution < 1.29 is 17.2 Å². The van der Waals surface area contributed by atoms with Gasteiger partial charge in [-0.15, -0.1) is 0 Å². The summed E-state index contributed by atoms with van der Waals surface area (Å²) in [4.78, 5) is 0. The highest BCUT2D eigenvalue weighted by molar-refractivity contribution is 7.80. The molecule has 0 aliphatic carbocycles. The fourth-order valence-corrected chi connectivity index (χ4v) is 1.98. The normalized spacial score (nSPS) is 14.3. The van der Waals surface area contributed by atoms with Gasteiger partial charge < -0.3 is 4.55 Å². The Morgan fingerprint density at radius 3 is 2.25 bits per heavy atom. The minimum Gasteiger partial charge on any atom is -0.726 e. The molecular weight excluding hydrogens is 228 g/mol. The highest BCUT2D eigenvalue weighted by atomic mass is 32.3. The van der Waals surface area contributed by atoms with Crippen LogP contribution in [0.5, 0.6) is 0 Å². The van der Waals surface area contributed by atoms with Crippen molar-refractivity contribution in [1.82, 2.24) is 0 Å². The van der Waals surface area contributed by atoms with E-state index in [0.29, 0.717) is 18.3 Å². The van der Waals surface area contributed by atoms with Crippen LogP contribution < -0.4 is 0 Å². The highest BCUT2D eigenvalue weighted by Crippen LogP contribution is 2.18. The van der Waals surface area contributed by atoms with Gasteiger partial charge in [0.1, 0.15) is 0 Å². The summed E-state index contributed by atoms with van der Waals surface area (Å²) in [6.07, 6.45) is 5.07. The largest absolute Gasteiger partial charge is 0.726 e. The van der Waals surface area contributed by atoms with Gasteiger partial charge in [0.25, 0.3) is 0 Å². The molecule has 5 heteroatoms. The van der Waals surface area contributed by atoms with Crippen LogP contribution >= 0.6 is 0 Å². The Balaban J connectivity index is 3.67. The fraction of sp³-hybridized carbons (Fsp3) is 1.00. The molecule has 0 spiro atoms. The molecule has 0 aliphatic rings. The van der Waals surface area contributed by atoms with Crippen LogP contribution in [0, 0.1) is 11.8 Å². The second-order valence-corrected chi connectivity index (χ2v) is 5.67. The zero-order chi connectivity index (χ0) is 12.6. The van der Waals surface area contributed by atoms with Crippen LogP contribution in [0.2, 0.25) is 0 Å². The van der Waals surface area contributed by atoms with Crippen molar-refractivity contribution >= 4 is 10.4 Å². The Morgan fingerprint density at radius 2 is 1.81 bits per heavy atom. The predicted octanol–water partition coefficient (Wildman–Crippen LogP) is 2.71. The molecule has 0 fully saturated rings. The summed E-state index contributed by atoms with van der Waals surface area (Å²) in [5.41, 5.74) is 0. The molecule has 4 nitrogen and oxygen atoms in total. The SMILES string of the molecule is CCC(CCCC(C)C)CCOS(=O)(=O)[O-]. The third-order valence-electron chi connectivity index (χ3n) is 2.72. The molecule has 0 bridgehead atoms. The van der Waals surface area contributed by atoms with E-state index in [4.69, 9.17) is 0 Å². The summed E-state index contributed by atoms with van der Waals surface area (Å²) in [6.45, 7) is 6.47. The minimum absolute atomic E-state index is 0.0199. The van der Waals surface area contributed by atoms with Gasteiger partial charge in [0.2, 0.25) is 10.4 Å². The summed E-state index contributed by atoms with van der Waals surface area (Å²) in [6, 6.07) is 0. The van der Waals surface area contributed by atoms with Gasteiger partial charge >= 0.3 is 0 Å². The van der Waals surface area contributed by atoms with Gasteiger partial charge in [-0.05, 0) is 18.3 Å². The van der Waals surface area contributed by atoms with E-state index >= 15 is 0 Å². The van der Waals surface area contributed by atoms with Crippen molar-refractivity contribution in [3.8, 4) is 0 Å². The topological polar surface area (TPSA) is 66.4 Å². The quantitative estimate of drug-likeness (QED) is 0.467. The van der Waals surface area contributed by atoms with Crippen LogP contribution in [0.1, 0.15) is 52.9 Å². The van der Waals surface area contributed by atoms with Gasteiger partial charge in [0.05, 0.1) is 6.61 Å². The second kappa shape index (κ2) is 8.03.